The average molecular weight is 167 g/mol. The minimum Gasteiger partial charge on any atom is -0.370 e. The van der Waals surface area contributed by atoms with E-state index in [1.54, 1.807) is 0 Å². The Balaban J connectivity index is 1.82. The Morgan fingerprint density at radius 2 is 2.17 bits per heavy atom. The first kappa shape index (κ1) is 8.24. The third-order valence-corrected chi connectivity index (χ3v) is 3.25. The van der Waals surface area contributed by atoms with Crippen LogP contribution in [0.3, 0.4) is 0 Å². The first-order valence-electron chi connectivity index (χ1n) is 4.81. The van der Waals surface area contributed by atoms with E-state index in [0.29, 0.717) is 24.5 Å². The van der Waals surface area contributed by atoms with Crippen LogP contribution in [0.1, 0.15) is 32.6 Å². The van der Waals surface area contributed by atoms with Crippen molar-refractivity contribution in [3.63, 3.8) is 0 Å². The number of ether oxygens (including phenoxy) is 1. The van der Waals surface area contributed by atoms with Crippen LogP contribution in [0.2, 0.25) is 0 Å². The Labute approximate surface area is 73.3 Å². The lowest BCUT2D eigenvalue weighted by atomic mass is 9.78. The number of epoxide rings is 1. The minimum absolute atomic E-state index is 0.540. The highest BCUT2D eigenvalue weighted by Gasteiger charge is 2.46. The molecule has 1 aliphatic heterocycles. The molecule has 0 spiro atoms. The summed E-state index contributed by atoms with van der Waals surface area (Å²) in [4.78, 5) is 10.1. The third kappa shape index (κ3) is 1.53. The molecule has 2 aliphatic rings. The molecule has 0 aromatic carbocycles. The van der Waals surface area contributed by atoms with Gasteiger partial charge in [0.1, 0.15) is 0 Å². The maximum absolute atomic E-state index is 10.1. The number of rotatable bonds is 3. The number of fused-ring (bicyclic) bond motifs is 1. The zero-order valence-electron chi connectivity index (χ0n) is 7.45. The molecule has 1 saturated heterocycles. The summed E-state index contributed by atoms with van der Waals surface area (Å²) in [5, 5.41) is 0. The smallest absolute Gasteiger partial charge is 0.198 e. The highest BCUT2D eigenvalue weighted by Crippen LogP contribution is 2.43. The molecule has 12 heavy (non-hydrogen) atoms. The van der Waals surface area contributed by atoms with Gasteiger partial charge in [-0.25, -0.2) is 0 Å². The highest BCUT2D eigenvalue weighted by atomic mass is 16.6. The van der Waals surface area contributed by atoms with Crippen molar-refractivity contribution in [1.29, 1.82) is 0 Å². The SMILES string of the molecule is CC1CC2OC2CC1CC[C]=O. The molecular weight excluding hydrogens is 152 g/mol. The van der Waals surface area contributed by atoms with Crippen LogP contribution in [0, 0.1) is 11.8 Å². The predicted molar refractivity (Wildman–Crippen MR) is 45.5 cm³/mol. The normalized spacial score (nSPS) is 45.1. The summed E-state index contributed by atoms with van der Waals surface area (Å²) < 4.78 is 5.46. The zero-order valence-corrected chi connectivity index (χ0v) is 7.45. The second-order valence-electron chi connectivity index (χ2n) is 4.10. The van der Waals surface area contributed by atoms with Crippen molar-refractivity contribution < 1.29 is 9.53 Å². The van der Waals surface area contributed by atoms with Crippen LogP contribution < -0.4 is 0 Å². The molecule has 0 aromatic rings. The lowest BCUT2D eigenvalue weighted by Gasteiger charge is -2.25. The highest BCUT2D eigenvalue weighted by molar-refractivity contribution is 5.50. The van der Waals surface area contributed by atoms with Crippen LogP contribution in [-0.4, -0.2) is 18.5 Å². The number of hydrogen-bond donors (Lipinski definition) is 0. The van der Waals surface area contributed by atoms with E-state index in [4.69, 9.17) is 4.74 Å². The maximum Gasteiger partial charge on any atom is 0.198 e. The van der Waals surface area contributed by atoms with Crippen molar-refractivity contribution in [3.05, 3.63) is 0 Å². The largest absolute Gasteiger partial charge is 0.370 e. The van der Waals surface area contributed by atoms with E-state index in [-0.39, 0.29) is 0 Å². The van der Waals surface area contributed by atoms with E-state index in [1.165, 1.54) is 12.8 Å². The van der Waals surface area contributed by atoms with Crippen LogP contribution >= 0.6 is 0 Å². The van der Waals surface area contributed by atoms with Gasteiger partial charge in [-0.15, -0.1) is 0 Å². The number of carbonyl (C=O) groups excluding carboxylic acids is 1. The summed E-state index contributed by atoms with van der Waals surface area (Å²) >= 11 is 0. The summed E-state index contributed by atoms with van der Waals surface area (Å²) in [5.74, 6) is 1.44. The summed E-state index contributed by atoms with van der Waals surface area (Å²) in [7, 11) is 0. The van der Waals surface area contributed by atoms with Gasteiger partial charge in [0.15, 0.2) is 6.29 Å². The molecule has 1 aliphatic carbocycles. The van der Waals surface area contributed by atoms with Crippen molar-refractivity contribution in [3.8, 4) is 0 Å². The molecular formula is C10H15O2. The van der Waals surface area contributed by atoms with Crippen LogP contribution in [0.4, 0.5) is 0 Å². The van der Waals surface area contributed by atoms with Crippen molar-refractivity contribution in [2.45, 2.75) is 44.8 Å². The maximum atomic E-state index is 10.1. The predicted octanol–water partition coefficient (Wildman–Crippen LogP) is 1.69. The molecule has 0 bridgehead atoms. The van der Waals surface area contributed by atoms with E-state index < -0.39 is 0 Å². The van der Waals surface area contributed by atoms with E-state index in [0.717, 1.165) is 12.3 Å². The molecule has 0 N–H and O–H groups in total. The second-order valence-corrected chi connectivity index (χ2v) is 4.10. The van der Waals surface area contributed by atoms with Crippen molar-refractivity contribution in [1.82, 2.24) is 0 Å². The quantitative estimate of drug-likeness (QED) is 0.599. The fraction of sp³-hybridized carbons (Fsp3) is 0.900. The summed E-state index contributed by atoms with van der Waals surface area (Å²) in [6.45, 7) is 2.27. The Kier molecular flexibility index (Phi) is 2.18. The summed E-state index contributed by atoms with van der Waals surface area (Å²) in [5.41, 5.74) is 0. The molecule has 1 heterocycles. The molecule has 0 aromatic heterocycles. The molecule has 4 atom stereocenters. The lowest BCUT2D eigenvalue weighted by Crippen LogP contribution is -2.22. The molecule has 2 rings (SSSR count). The fourth-order valence-electron chi connectivity index (χ4n) is 2.33. The molecule has 2 heteroatoms. The van der Waals surface area contributed by atoms with Crippen LogP contribution in [0.15, 0.2) is 0 Å². The van der Waals surface area contributed by atoms with E-state index in [1.807, 2.05) is 6.29 Å². The van der Waals surface area contributed by atoms with Crippen molar-refractivity contribution in [2.24, 2.45) is 11.8 Å². The summed E-state index contributed by atoms with van der Waals surface area (Å²) in [6, 6.07) is 0. The topological polar surface area (TPSA) is 29.6 Å². The van der Waals surface area contributed by atoms with Gasteiger partial charge in [0.2, 0.25) is 0 Å². The van der Waals surface area contributed by atoms with Crippen LogP contribution in [0.25, 0.3) is 0 Å². The number of hydrogen-bond acceptors (Lipinski definition) is 2. The lowest BCUT2D eigenvalue weighted by molar-refractivity contribution is 0.271. The average Bonchev–Trinajstić information content (AvgIpc) is 2.78. The molecule has 1 radical (unpaired) electrons. The van der Waals surface area contributed by atoms with Crippen LogP contribution in [0.5, 0.6) is 0 Å². The van der Waals surface area contributed by atoms with Gasteiger partial charge in [-0.3, -0.25) is 4.79 Å². The molecule has 1 saturated carbocycles. The summed E-state index contributed by atoms with van der Waals surface area (Å²) in [6.07, 6.45) is 7.07. The molecule has 2 fully saturated rings. The Morgan fingerprint density at radius 3 is 2.92 bits per heavy atom. The Morgan fingerprint density at radius 1 is 1.42 bits per heavy atom. The fourth-order valence-corrected chi connectivity index (χ4v) is 2.33. The standard InChI is InChI=1S/C10H15O2/c1-7-5-9-10(12-9)6-8(7)3-2-4-11/h7-10H,2-3,5-6H2,1H3. The van der Waals surface area contributed by atoms with Gasteiger partial charge < -0.3 is 4.74 Å². The Bertz CT molecular complexity index is 179. The van der Waals surface area contributed by atoms with E-state index >= 15 is 0 Å². The van der Waals surface area contributed by atoms with Crippen LogP contribution in [-0.2, 0) is 9.53 Å². The molecule has 4 unspecified atom stereocenters. The van der Waals surface area contributed by atoms with Gasteiger partial charge >= 0.3 is 0 Å². The monoisotopic (exact) mass is 167 g/mol. The zero-order chi connectivity index (χ0) is 8.55. The molecule has 2 nitrogen and oxygen atoms in total. The minimum atomic E-state index is 0.540. The van der Waals surface area contributed by atoms with E-state index in [2.05, 4.69) is 6.92 Å². The first-order valence-corrected chi connectivity index (χ1v) is 4.81. The van der Waals surface area contributed by atoms with Gasteiger partial charge in [0.05, 0.1) is 12.2 Å². The van der Waals surface area contributed by atoms with Crippen molar-refractivity contribution in [2.75, 3.05) is 0 Å². The van der Waals surface area contributed by atoms with E-state index in [9.17, 15) is 4.79 Å². The van der Waals surface area contributed by atoms with Gasteiger partial charge in [-0.2, -0.15) is 0 Å². The molecule has 0 amide bonds. The van der Waals surface area contributed by atoms with Crippen molar-refractivity contribution >= 4 is 6.29 Å². The van der Waals surface area contributed by atoms with Gasteiger partial charge in [-0.1, -0.05) is 6.92 Å². The second kappa shape index (κ2) is 3.17. The Hall–Kier alpha value is -0.370. The molecule has 67 valence electrons. The van der Waals surface area contributed by atoms with Gasteiger partial charge in [0.25, 0.3) is 0 Å². The first-order chi connectivity index (χ1) is 5.81. The van der Waals surface area contributed by atoms with Gasteiger partial charge in [0, 0.05) is 6.42 Å². The third-order valence-electron chi connectivity index (χ3n) is 3.25. The van der Waals surface area contributed by atoms with Gasteiger partial charge in [-0.05, 0) is 31.1 Å².